The zero-order valence-corrected chi connectivity index (χ0v) is 20.9. The summed E-state index contributed by atoms with van der Waals surface area (Å²) in [5, 5.41) is 0. The van der Waals surface area contributed by atoms with E-state index < -0.39 is 0 Å². The molecule has 186 valence electrons. The largest absolute Gasteiger partial charge is 0.495 e. The number of unbranched alkanes of at least 4 members (excludes halogenated alkanes) is 1. The van der Waals surface area contributed by atoms with Crippen LogP contribution in [0.4, 0.5) is 5.69 Å². The molecule has 3 aromatic heterocycles. The van der Waals surface area contributed by atoms with Crippen LogP contribution >= 0.6 is 0 Å². The first-order valence-electron chi connectivity index (χ1n) is 12.1. The lowest BCUT2D eigenvalue weighted by Gasteiger charge is -2.36. The quantitative estimate of drug-likeness (QED) is 0.375. The average molecular weight is 480 g/mol. The van der Waals surface area contributed by atoms with Gasteiger partial charge < -0.3 is 14.2 Å². The molecule has 10 heteroatoms. The van der Waals surface area contributed by atoms with E-state index in [1.54, 1.807) is 14.2 Å². The molecule has 0 N–H and O–H groups in total. The van der Waals surface area contributed by atoms with Gasteiger partial charge in [0.15, 0.2) is 11.2 Å². The van der Waals surface area contributed by atoms with Gasteiger partial charge in [0, 0.05) is 58.7 Å². The number of ether oxygens (including phenoxy) is 1. The highest BCUT2D eigenvalue weighted by molar-refractivity contribution is 5.75. The minimum Gasteiger partial charge on any atom is -0.495 e. The first-order chi connectivity index (χ1) is 16.9. The molecule has 0 radical (unpaired) electrons. The maximum atomic E-state index is 12.7. The third-order valence-electron chi connectivity index (χ3n) is 7.16. The molecule has 1 aliphatic rings. The van der Waals surface area contributed by atoms with Crippen molar-refractivity contribution in [2.45, 2.75) is 26.3 Å². The summed E-state index contributed by atoms with van der Waals surface area (Å²) in [5.74, 6) is 1.64. The molecule has 0 unspecified atom stereocenters. The molecule has 1 aliphatic heterocycles. The average Bonchev–Trinajstić information content (AvgIpc) is 3.39. The molecule has 0 aliphatic carbocycles. The van der Waals surface area contributed by atoms with Crippen molar-refractivity contribution in [1.29, 1.82) is 0 Å². The van der Waals surface area contributed by atoms with Crippen LogP contribution in [0.5, 0.6) is 5.75 Å². The van der Waals surface area contributed by atoms with Crippen molar-refractivity contribution in [3.63, 3.8) is 0 Å². The fourth-order valence-corrected chi connectivity index (χ4v) is 5.12. The summed E-state index contributed by atoms with van der Waals surface area (Å²) < 4.78 is 12.1. The molecule has 1 saturated heterocycles. The standard InChI is InChI=1S/C25H33N7O3/c1-18-17-32-21-22(27(2)25(34)28(3)23(21)33)26-24(32)31(18)12-8-7-11-29-13-15-30(16-14-29)19-9-5-6-10-20(19)35-4/h5-6,9-10,17H,7-8,11-16H2,1-4H3. The van der Waals surface area contributed by atoms with Crippen LogP contribution in [0.3, 0.4) is 0 Å². The van der Waals surface area contributed by atoms with Crippen LogP contribution in [0.15, 0.2) is 40.1 Å². The number of hydrogen-bond donors (Lipinski definition) is 0. The molecule has 0 saturated carbocycles. The third kappa shape index (κ3) is 4.01. The molecule has 10 nitrogen and oxygen atoms in total. The van der Waals surface area contributed by atoms with Crippen molar-refractivity contribution in [3.05, 3.63) is 57.0 Å². The zero-order valence-electron chi connectivity index (χ0n) is 20.9. The van der Waals surface area contributed by atoms with E-state index in [-0.39, 0.29) is 11.2 Å². The smallest absolute Gasteiger partial charge is 0.332 e. The Morgan fingerprint density at radius 2 is 1.69 bits per heavy atom. The van der Waals surface area contributed by atoms with Gasteiger partial charge in [-0.2, -0.15) is 4.98 Å². The Kier molecular flexibility index (Phi) is 6.14. The number of para-hydroxylation sites is 2. The van der Waals surface area contributed by atoms with Gasteiger partial charge in [-0.25, -0.2) is 4.79 Å². The lowest BCUT2D eigenvalue weighted by Crippen LogP contribution is -2.46. The summed E-state index contributed by atoms with van der Waals surface area (Å²) >= 11 is 0. The number of rotatable bonds is 7. The molecule has 4 aromatic rings. The third-order valence-corrected chi connectivity index (χ3v) is 7.16. The molecule has 35 heavy (non-hydrogen) atoms. The second-order valence-corrected chi connectivity index (χ2v) is 9.29. The Morgan fingerprint density at radius 1 is 0.971 bits per heavy atom. The van der Waals surface area contributed by atoms with Gasteiger partial charge in [-0.15, -0.1) is 0 Å². The van der Waals surface area contributed by atoms with Gasteiger partial charge in [0.05, 0.1) is 12.8 Å². The van der Waals surface area contributed by atoms with Crippen LogP contribution in [0.2, 0.25) is 0 Å². The molecule has 5 rings (SSSR count). The zero-order chi connectivity index (χ0) is 24.7. The van der Waals surface area contributed by atoms with Crippen LogP contribution in [0, 0.1) is 6.92 Å². The van der Waals surface area contributed by atoms with Crippen molar-refractivity contribution in [2.75, 3.05) is 44.7 Å². The Balaban J connectivity index is 1.22. The Labute approximate surface area is 203 Å². The number of hydrogen-bond acceptors (Lipinski definition) is 6. The Hall–Kier alpha value is -3.53. The Bertz CT molecular complexity index is 1490. The molecule has 4 heterocycles. The predicted octanol–water partition coefficient (Wildman–Crippen LogP) is 1.61. The first-order valence-corrected chi connectivity index (χ1v) is 12.1. The molecular formula is C25H33N7O3. The van der Waals surface area contributed by atoms with Crippen molar-refractivity contribution in [1.82, 2.24) is 28.0 Å². The fourth-order valence-electron chi connectivity index (χ4n) is 5.12. The number of fused-ring (bicyclic) bond motifs is 3. The minimum atomic E-state index is -0.364. The van der Waals surface area contributed by atoms with E-state index in [2.05, 4.69) is 31.5 Å². The minimum absolute atomic E-state index is 0.319. The van der Waals surface area contributed by atoms with Crippen LogP contribution in [-0.2, 0) is 20.6 Å². The summed E-state index contributed by atoms with van der Waals surface area (Å²) in [4.78, 5) is 34.6. The number of anilines is 1. The molecule has 0 amide bonds. The SMILES string of the molecule is COc1ccccc1N1CCN(CCCCn2c(C)cn3c4c(=O)n(C)c(=O)n(C)c4nc23)CC1. The van der Waals surface area contributed by atoms with E-state index in [9.17, 15) is 9.59 Å². The second-order valence-electron chi connectivity index (χ2n) is 9.29. The number of methoxy groups -OCH3 is 1. The second kappa shape index (κ2) is 9.26. The predicted molar refractivity (Wildman–Crippen MR) is 137 cm³/mol. The van der Waals surface area contributed by atoms with Gasteiger partial charge in [0.25, 0.3) is 5.56 Å². The lowest BCUT2D eigenvalue weighted by molar-refractivity contribution is 0.250. The van der Waals surface area contributed by atoms with Gasteiger partial charge in [-0.1, -0.05) is 12.1 Å². The summed E-state index contributed by atoms with van der Waals surface area (Å²) in [5.41, 5.74) is 2.41. The van der Waals surface area contributed by atoms with E-state index >= 15 is 0 Å². The molecule has 0 atom stereocenters. The normalized spacial score (nSPS) is 14.9. The Morgan fingerprint density at radius 3 is 2.43 bits per heavy atom. The van der Waals surface area contributed by atoms with Crippen molar-refractivity contribution < 1.29 is 4.74 Å². The topological polar surface area (TPSA) is 81.9 Å². The van der Waals surface area contributed by atoms with Crippen molar-refractivity contribution in [2.24, 2.45) is 14.1 Å². The molecule has 0 bridgehead atoms. The van der Waals surface area contributed by atoms with Crippen LogP contribution in [0.1, 0.15) is 18.5 Å². The van der Waals surface area contributed by atoms with E-state index in [1.807, 2.05) is 29.7 Å². The molecule has 1 fully saturated rings. The van der Waals surface area contributed by atoms with E-state index in [0.29, 0.717) is 16.9 Å². The summed E-state index contributed by atoms with van der Waals surface area (Å²) in [6, 6.07) is 8.21. The van der Waals surface area contributed by atoms with Gasteiger partial charge in [-0.3, -0.25) is 23.2 Å². The van der Waals surface area contributed by atoms with Gasteiger partial charge in [-0.05, 0) is 38.4 Å². The maximum Gasteiger partial charge on any atom is 0.332 e. The lowest BCUT2D eigenvalue weighted by atomic mass is 10.2. The number of piperazine rings is 1. The van der Waals surface area contributed by atoms with Gasteiger partial charge >= 0.3 is 5.69 Å². The van der Waals surface area contributed by atoms with Crippen molar-refractivity contribution >= 4 is 22.6 Å². The van der Waals surface area contributed by atoms with E-state index in [1.165, 1.54) is 17.3 Å². The van der Waals surface area contributed by atoms with Crippen molar-refractivity contribution in [3.8, 4) is 5.75 Å². The van der Waals surface area contributed by atoms with Crippen LogP contribution in [0.25, 0.3) is 16.9 Å². The maximum absolute atomic E-state index is 12.7. The number of imidazole rings is 2. The highest BCUT2D eigenvalue weighted by Gasteiger charge is 2.20. The summed E-state index contributed by atoms with van der Waals surface area (Å²) in [6.45, 7) is 7.96. The van der Waals surface area contributed by atoms with Crippen LogP contribution in [-0.4, -0.2) is 67.8 Å². The highest BCUT2D eigenvalue weighted by atomic mass is 16.5. The number of benzene rings is 1. The number of aryl methyl sites for hydroxylation is 3. The fraction of sp³-hybridized carbons (Fsp3) is 0.480. The number of aromatic nitrogens is 5. The summed E-state index contributed by atoms with van der Waals surface area (Å²) in [6.07, 6.45) is 4.03. The summed E-state index contributed by atoms with van der Waals surface area (Å²) in [7, 11) is 4.88. The highest BCUT2D eigenvalue weighted by Crippen LogP contribution is 2.28. The molecule has 0 spiro atoms. The molecular weight excluding hydrogens is 446 g/mol. The first kappa shape index (κ1) is 23.2. The van der Waals surface area contributed by atoms with Gasteiger partial charge in [0.2, 0.25) is 5.78 Å². The molecule has 1 aromatic carbocycles. The van der Waals surface area contributed by atoms with E-state index in [0.717, 1.165) is 68.1 Å². The number of nitrogens with zero attached hydrogens (tertiary/aromatic N) is 7. The van der Waals surface area contributed by atoms with E-state index in [4.69, 9.17) is 4.74 Å². The van der Waals surface area contributed by atoms with Gasteiger partial charge in [0.1, 0.15) is 5.75 Å². The van der Waals surface area contributed by atoms with Crippen LogP contribution < -0.4 is 20.9 Å². The monoisotopic (exact) mass is 479 g/mol.